The molecule has 1 aromatic heterocycles. The number of amides is 2. The minimum absolute atomic E-state index is 0.00342. The molecule has 2 fully saturated rings. The summed E-state index contributed by atoms with van der Waals surface area (Å²) in [7, 11) is 0. The Morgan fingerprint density at radius 1 is 1.03 bits per heavy atom. The fourth-order valence-electron chi connectivity index (χ4n) is 3.56. The van der Waals surface area contributed by atoms with E-state index in [1.165, 1.54) is 10.7 Å². The van der Waals surface area contributed by atoms with Crippen LogP contribution in [0.2, 0.25) is 0 Å². The SMILES string of the molecule is Cc1ccc(C(=O)Nc2ccc(-c3cc(C4CC4)n(C(=O)NC4CC4)n3)c(O)c2)cc1. The number of aryl methyl sites for hydroxylation is 1. The highest BCUT2D eigenvalue weighted by molar-refractivity contribution is 6.04. The van der Waals surface area contributed by atoms with E-state index in [1.54, 1.807) is 24.3 Å². The summed E-state index contributed by atoms with van der Waals surface area (Å²) in [4.78, 5) is 25.0. The Labute approximate surface area is 180 Å². The summed E-state index contributed by atoms with van der Waals surface area (Å²) >= 11 is 0. The molecule has 7 nitrogen and oxygen atoms in total. The number of phenolic OH excluding ortho intramolecular Hbond substituents is 1. The molecule has 0 spiro atoms. The summed E-state index contributed by atoms with van der Waals surface area (Å²) in [6, 6.07) is 14.1. The first-order chi connectivity index (χ1) is 15.0. The van der Waals surface area contributed by atoms with Crippen LogP contribution < -0.4 is 10.6 Å². The molecule has 2 aliphatic carbocycles. The number of rotatable bonds is 5. The largest absolute Gasteiger partial charge is 0.507 e. The van der Waals surface area contributed by atoms with Gasteiger partial charge in [-0.2, -0.15) is 9.78 Å². The zero-order valence-corrected chi connectivity index (χ0v) is 17.3. The van der Waals surface area contributed by atoms with Crippen molar-refractivity contribution in [3.05, 3.63) is 65.4 Å². The van der Waals surface area contributed by atoms with Crippen molar-refractivity contribution in [2.75, 3.05) is 5.32 Å². The topological polar surface area (TPSA) is 96.3 Å². The van der Waals surface area contributed by atoms with Crippen molar-refractivity contribution in [1.29, 1.82) is 0 Å². The molecule has 0 radical (unpaired) electrons. The first-order valence-corrected chi connectivity index (χ1v) is 10.6. The van der Waals surface area contributed by atoms with E-state index < -0.39 is 0 Å². The molecular formula is C24H24N4O3. The predicted molar refractivity (Wildman–Crippen MR) is 117 cm³/mol. The lowest BCUT2D eigenvalue weighted by Gasteiger charge is -2.08. The molecule has 3 aromatic rings. The Morgan fingerprint density at radius 3 is 2.42 bits per heavy atom. The molecule has 158 valence electrons. The van der Waals surface area contributed by atoms with Crippen LogP contribution in [0.1, 0.15) is 53.2 Å². The van der Waals surface area contributed by atoms with Gasteiger partial charge in [0.25, 0.3) is 5.91 Å². The number of aromatic nitrogens is 2. The van der Waals surface area contributed by atoms with Gasteiger partial charge in [-0.1, -0.05) is 17.7 Å². The minimum Gasteiger partial charge on any atom is -0.507 e. The number of aromatic hydroxyl groups is 1. The van der Waals surface area contributed by atoms with E-state index in [-0.39, 0.29) is 23.7 Å². The predicted octanol–water partition coefficient (Wildman–Crippen LogP) is 4.41. The van der Waals surface area contributed by atoms with Gasteiger partial charge < -0.3 is 15.7 Å². The molecule has 2 saturated carbocycles. The smallest absolute Gasteiger partial charge is 0.342 e. The molecule has 2 aliphatic rings. The third-order valence-corrected chi connectivity index (χ3v) is 5.68. The Morgan fingerprint density at radius 2 is 1.77 bits per heavy atom. The van der Waals surface area contributed by atoms with E-state index >= 15 is 0 Å². The molecule has 0 bridgehead atoms. The Hall–Kier alpha value is -3.61. The minimum atomic E-state index is -0.246. The maximum Gasteiger partial charge on any atom is 0.342 e. The van der Waals surface area contributed by atoms with Gasteiger partial charge >= 0.3 is 6.03 Å². The quantitative estimate of drug-likeness (QED) is 0.574. The standard InChI is InChI=1S/C24H24N4O3/c1-14-2-4-16(5-3-14)23(30)25-18-10-11-19(22(29)12-18)20-13-21(15-6-7-15)28(27-20)24(31)26-17-8-9-17/h2-5,10-13,15,17,29H,6-9H2,1H3,(H,25,30)(H,26,31). The van der Waals surface area contributed by atoms with Gasteiger partial charge in [0.2, 0.25) is 0 Å². The van der Waals surface area contributed by atoms with E-state index in [4.69, 9.17) is 0 Å². The van der Waals surface area contributed by atoms with E-state index in [0.29, 0.717) is 28.4 Å². The third kappa shape index (κ3) is 4.17. The van der Waals surface area contributed by atoms with Crippen LogP contribution in [0.5, 0.6) is 5.75 Å². The van der Waals surface area contributed by atoms with E-state index in [0.717, 1.165) is 36.9 Å². The van der Waals surface area contributed by atoms with Crippen molar-refractivity contribution in [2.24, 2.45) is 0 Å². The number of hydrogen-bond donors (Lipinski definition) is 3. The van der Waals surface area contributed by atoms with Crippen LogP contribution in [0.3, 0.4) is 0 Å². The van der Waals surface area contributed by atoms with Gasteiger partial charge in [-0.25, -0.2) is 4.79 Å². The molecule has 2 aromatic carbocycles. The Balaban J connectivity index is 1.37. The van der Waals surface area contributed by atoms with Crippen molar-refractivity contribution in [2.45, 2.75) is 44.6 Å². The average molecular weight is 416 g/mol. The molecule has 7 heteroatoms. The third-order valence-electron chi connectivity index (χ3n) is 5.68. The number of carbonyl (C=O) groups is 2. The Kier molecular flexibility index (Phi) is 4.73. The van der Waals surface area contributed by atoms with Gasteiger partial charge in [0, 0.05) is 34.8 Å². The van der Waals surface area contributed by atoms with E-state index in [9.17, 15) is 14.7 Å². The second kappa shape index (κ2) is 7.58. The van der Waals surface area contributed by atoms with Gasteiger partial charge in [0.05, 0.1) is 11.4 Å². The molecule has 0 saturated heterocycles. The van der Waals surface area contributed by atoms with E-state index in [1.807, 2.05) is 25.1 Å². The zero-order chi connectivity index (χ0) is 21.5. The highest BCUT2D eigenvalue weighted by atomic mass is 16.3. The van der Waals surface area contributed by atoms with E-state index in [2.05, 4.69) is 15.7 Å². The maximum absolute atomic E-state index is 12.6. The summed E-state index contributed by atoms with van der Waals surface area (Å²) in [5.41, 5.74) is 4.05. The summed E-state index contributed by atoms with van der Waals surface area (Å²) in [6.07, 6.45) is 4.10. The van der Waals surface area contributed by atoms with Gasteiger partial charge in [-0.15, -0.1) is 0 Å². The molecular weight excluding hydrogens is 392 g/mol. The zero-order valence-electron chi connectivity index (χ0n) is 17.3. The summed E-state index contributed by atoms with van der Waals surface area (Å²) in [6.45, 7) is 1.96. The lowest BCUT2D eigenvalue weighted by molar-refractivity contribution is 0.102. The molecule has 31 heavy (non-hydrogen) atoms. The summed E-state index contributed by atoms with van der Waals surface area (Å²) in [5, 5.41) is 20.9. The molecule has 1 heterocycles. The molecule has 0 atom stereocenters. The molecule has 0 unspecified atom stereocenters. The summed E-state index contributed by atoms with van der Waals surface area (Å²) < 4.78 is 1.44. The maximum atomic E-state index is 12.6. The van der Waals surface area contributed by atoms with Crippen molar-refractivity contribution < 1.29 is 14.7 Å². The number of nitrogens with one attached hydrogen (secondary N) is 2. The van der Waals surface area contributed by atoms with Gasteiger partial charge in [0.1, 0.15) is 5.75 Å². The molecule has 0 aliphatic heterocycles. The van der Waals surface area contributed by atoms with Crippen LogP contribution >= 0.6 is 0 Å². The number of hydrogen-bond acceptors (Lipinski definition) is 4. The second-order valence-electron chi connectivity index (χ2n) is 8.42. The summed E-state index contributed by atoms with van der Waals surface area (Å²) in [5.74, 6) is 0.0851. The highest BCUT2D eigenvalue weighted by Crippen LogP contribution is 2.42. The monoisotopic (exact) mass is 416 g/mol. The lowest BCUT2D eigenvalue weighted by atomic mass is 10.1. The Bertz CT molecular complexity index is 1160. The normalized spacial score (nSPS) is 15.5. The van der Waals surface area contributed by atoms with Crippen LogP contribution in [-0.2, 0) is 0 Å². The number of anilines is 1. The molecule has 2 amide bonds. The second-order valence-corrected chi connectivity index (χ2v) is 8.42. The van der Waals surface area contributed by atoms with Gasteiger partial charge in [0.15, 0.2) is 0 Å². The van der Waals surface area contributed by atoms with Crippen LogP contribution in [-0.4, -0.2) is 32.9 Å². The van der Waals surface area contributed by atoms with Crippen molar-refractivity contribution in [1.82, 2.24) is 15.1 Å². The first kappa shape index (κ1) is 19.4. The van der Waals surface area contributed by atoms with Crippen LogP contribution in [0.4, 0.5) is 10.5 Å². The average Bonchev–Trinajstić information content (AvgIpc) is 3.68. The number of benzene rings is 2. The fourth-order valence-corrected chi connectivity index (χ4v) is 3.56. The van der Waals surface area contributed by atoms with Crippen LogP contribution in [0, 0.1) is 6.92 Å². The number of phenols is 1. The van der Waals surface area contributed by atoms with Crippen molar-refractivity contribution >= 4 is 17.6 Å². The lowest BCUT2D eigenvalue weighted by Crippen LogP contribution is -2.32. The van der Waals surface area contributed by atoms with Crippen LogP contribution in [0.15, 0.2) is 48.5 Å². The number of carbonyl (C=O) groups excluding carboxylic acids is 2. The number of nitrogens with zero attached hydrogens (tertiary/aromatic N) is 2. The molecule has 3 N–H and O–H groups in total. The van der Waals surface area contributed by atoms with Gasteiger partial charge in [-0.05, 0) is 62.9 Å². The van der Waals surface area contributed by atoms with Crippen molar-refractivity contribution in [3.8, 4) is 17.0 Å². The van der Waals surface area contributed by atoms with Gasteiger partial charge in [-0.3, -0.25) is 4.79 Å². The highest BCUT2D eigenvalue weighted by Gasteiger charge is 2.32. The van der Waals surface area contributed by atoms with Crippen LogP contribution in [0.25, 0.3) is 11.3 Å². The molecule has 5 rings (SSSR count). The first-order valence-electron chi connectivity index (χ1n) is 10.6. The van der Waals surface area contributed by atoms with Crippen molar-refractivity contribution in [3.63, 3.8) is 0 Å². The fraction of sp³-hybridized carbons (Fsp3) is 0.292.